The van der Waals surface area contributed by atoms with E-state index in [4.69, 9.17) is 4.74 Å². The minimum absolute atomic E-state index is 0.130. The van der Waals surface area contributed by atoms with E-state index in [0.29, 0.717) is 0 Å². The van der Waals surface area contributed by atoms with Gasteiger partial charge in [0.15, 0.2) is 16.3 Å². The molecule has 2 rings (SSSR count). The van der Waals surface area contributed by atoms with Crippen molar-refractivity contribution in [1.82, 2.24) is 0 Å². The molecule has 1 aromatic rings. The van der Waals surface area contributed by atoms with Gasteiger partial charge in [0.1, 0.15) is 5.75 Å². The van der Waals surface area contributed by atoms with Crippen LogP contribution in [0.25, 0.3) is 6.08 Å². The molecule has 0 bridgehead atoms. The summed E-state index contributed by atoms with van der Waals surface area (Å²) in [5.41, 5.74) is 1.16. The van der Waals surface area contributed by atoms with E-state index in [-0.39, 0.29) is 4.97 Å². The number of hydrogen-bond acceptors (Lipinski definition) is 1. The lowest BCUT2D eigenvalue weighted by atomic mass is 10.1. The zero-order chi connectivity index (χ0) is 7.68. The number of para-hydroxylation sites is 1. The molecule has 1 aromatic carbocycles. The lowest BCUT2D eigenvalue weighted by Gasteiger charge is -2.18. The number of ether oxygens (including phenoxy) is 1. The van der Waals surface area contributed by atoms with Crippen LogP contribution in [0, 0.1) is 0 Å². The van der Waals surface area contributed by atoms with Crippen molar-refractivity contribution in [3.63, 3.8) is 0 Å². The Balaban J connectivity index is 2.46. The summed E-state index contributed by atoms with van der Waals surface area (Å²) < 4.78 is 5.51. The molecule has 1 aliphatic rings. The zero-order valence-corrected chi connectivity index (χ0v) is 7.18. The van der Waals surface area contributed by atoms with E-state index in [9.17, 15) is 0 Å². The largest absolute Gasteiger partial charge is 0.504 e. The third-order valence-electron chi connectivity index (χ3n) is 1.65. The molecule has 1 heterocycles. The van der Waals surface area contributed by atoms with Gasteiger partial charge in [-0.25, -0.2) is 0 Å². The molecule has 0 saturated heterocycles. The molecular formula is C9H7AlO. The molecule has 0 aliphatic carbocycles. The van der Waals surface area contributed by atoms with Crippen molar-refractivity contribution in [2.75, 3.05) is 0 Å². The first kappa shape index (κ1) is 6.97. The SMILES string of the molecule is [Al][C@@H]1C=Cc2ccccc2O1. The van der Waals surface area contributed by atoms with Crippen LogP contribution in [0.2, 0.25) is 0 Å². The number of fused-ring (bicyclic) bond motifs is 1. The predicted octanol–water partition coefficient (Wildman–Crippen LogP) is 1.59. The lowest BCUT2D eigenvalue weighted by molar-refractivity contribution is 0.321. The van der Waals surface area contributed by atoms with Gasteiger partial charge >= 0.3 is 0 Å². The molecule has 0 N–H and O–H groups in total. The molecule has 2 radical (unpaired) electrons. The van der Waals surface area contributed by atoms with Gasteiger partial charge < -0.3 is 4.74 Å². The van der Waals surface area contributed by atoms with Gasteiger partial charge in [0, 0.05) is 10.5 Å². The topological polar surface area (TPSA) is 9.23 Å². The Labute approximate surface area is 74.1 Å². The van der Waals surface area contributed by atoms with E-state index in [2.05, 4.69) is 22.4 Å². The molecule has 52 valence electrons. The molecule has 0 fully saturated rings. The van der Waals surface area contributed by atoms with Crippen molar-refractivity contribution >= 4 is 22.4 Å². The zero-order valence-electron chi connectivity index (χ0n) is 6.03. The van der Waals surface area contributed by atoms with Crippen LogP contribution < -0.4 is 4.74 Å². The van der Waals surface area contributed by atoms with Gasteiger partial charge in [0.25, 0.3) is 0 Å². The minimum Gasteiger partial charge on any atom is -0.504 e. The second kappa shape index (κ2) is 2.73. The quantitative estimate of drug-likeness (QED) is 0.521. The molecule has 1 nitrogen and oxygen atoms in total. The van der Waals surface area contributed by atoms with E-state index in [0.717, 1.165) is 11.3 Å². The molecule has 0 amide bonds. The highest BCUT2D eigenvalue weighted by Gasteiger charge is 2.07. The van der Waals surface area contributed by atoms with E-state index in [1.807, 2.05) is 30.3 Å². The van der Waals surface area contributed by atoms with Gasteiger partial charge in [-0.3, -0.25) is 0 Å². The molecule has 11 heavy (non-hydrogen) atoms. The van der Waals surface area contributed by atoms with Crippen molar-refractivity contribution in [2.45, 2.75) is 4.97 Å². The van der Waals surface area contributed by atoms with Crippen molar-refractivity contribution in [3.05, 3.63) is 35.9 Å². The smallest absolute Gasteiger partial charge is 0.200 e. The highest BCUT2D eigenvalue weighted by atomic mass is 27.0. The number of benzene rings is 1. The molecule has 0 aromatic heterocycles. The monoisotopic (exact) mass is 158 g/mol. The average Bonchev–Trinajstić information content (AvgIpc) is 2.04. The predicted molar refractivity (Wildman–Crippen MR) is 45.6 cm³/mol. The Morgan fingerprint density at radius 1 is 1.27 bits per heavy atom. The van der Waals surface area contributed by atoms with Crippen LogP contribution in [0.4, 0.5) is 0 Å². The second-order valence-corrected chi connectivity index (χ2v) is 3.14. The van der Waals surface area contributed by atoms with E-state index >= 15 is 0 Å². The summed E-state index contributed by atoms with van der Waals surface area (Å²) in [7, 11) is 0. The van der Waals surface area contributed by atoms with Crippen LogP contribution in [0.5, 0.6) is 5.75 Å². The van der Waals surface area contributed by atoms with Crippen molar-refractivity contribution in [3.8, 4) is 5.75 Å². The van der Waals surface area contributed by atoms with Crippen LogP contribution in [0.3, 0.4) is 0 Å². The van der Waals surface area contributed by atoms with Crippen molar-refractivity contribution in [1.29, 1.82) is 0 Å². The molecule has 0 unspecified atom stereocenters. The average molecular weight is 158 g/mol. The maximum absolute atomic E-state index is 5.51. The highest BCUT2D eigenvalue weighted by Crippen LogP contribution is 2.23. The maximum Gasteiger partial charge on any atom is 0.200 e. The fraction of sp³-hybridized carbons (Fsp3) is 0.111. The first-order chi connectivity index (χ1) is 5.36. The Kier molecular flexibility index (Phi) is 1.73. The van der Waals surface area contributed by atoms with Gasteiger partial charge in [-0.2, -0.15) is 0 Å². The van der Waals surface area contributed by atoms with Gasteiger partial charge in [-0.15, -0.1) is 0 Å². The van der Waals surface area contributed by atoms with Crippen LogP contribution in [0.15, 0.2) is 30.3 Å². The first-order valence-corrected chi connectivity index (χ1v) is 4.22. The summed E-state index contributed by atoms with van der Waals surface area (Å²) in [6.07, 6.45) is 4.10. The Morgan fingerprint density at radius 2 is 2.09 bits per heavy atom. The van der Waals surface area contributed by atoms with Crippen LogP contribution in [-0.4, -0.2) is 21.3 Å². The number of hydrogen-bond donors (Lipinski definition) is 0. The van der Waals surface area contributed by atoms with E-state index in [1.165, 1.54) is 0 Å². The maximum atomic E-state index is 5.51. The van der Waals surface area contributed by atoms with Crippen molar-refractivity contribution < 1.29 is 4.74 Å². The molecule has 1 aliphatic heterocycles. The molecular weight excluding hydrogens is 151 g/mol. The summed E-state index contributed by atoms with van der Waals surface area (Å²) in [4.78, 5) is 0.130. The summed E-state index contributed by atoms with van der Waals surface area (Å²) >= 11 is 2.62. The number of rotatable bonds is 0. The third kappa shape index (κ3) is 1.33. The fourth-order valence-electron chi connectivity index (χ4n) is 1.11. The summed E-state index contributed by atoms with van der Waals surface area (Å²) in [5.74, 6) is 0.968. The second-order valence-electron chi connectivity index (χ2n) is 2.48. The fourth-order valence-corrected chi connectivity index (χ4v) is 1.37. The van der Waals surface area contributed by atoms with Gasteiger partial charge in [-0.1, -0.05) is 30.4 Å². The Bertz CT molecular complexity index is 293. The van der Waals surface area contributed by atoms with Crippen LogP contribution >= 0.6 is 0 Å². The minimum atomic E-state index is 0.130. The molecule has 2 heteroatoms. The summed E-state index contributed by atoms with van der Waals surface area (Å²) in [6.45, 7) is 0. The third-order valence-corrected chi connectivity index (χ3v) is 2.01. The van der Waals surface area contributed by atoms with Gasteiger partial charge in [0.2, 0.25) is 0 Å². The lowest BCUT2D eigenvalue weighted by Crippen LogP contribution is -2.15. The van der Waals surface area contributed by atoms with Crippen LogP contribution in [-0.2, 0) is 0 Å². The molecule has 0 spiro atoms. The van der Waals surface area contributed by atoms with Gasteiger partial charge in [-0.05, 0) is 6.07 Å². The summed E-state index contributed by atoms with van der Waals surface area (Å²) in [6, 6.07) is 8.02. The van der Waals surface area contributed by atoms with E-state index in [1.54, 1.807) is 0 Å². The Morgan fingerprint density at radius 3 is 3.00 bits per heavy atom. The van der Waals surface area contributed by atoms with Crippen LogP contribution in [0.1, 0.15) is 5.56 Å². The molecule has 0 saturated carbocycles. The van der Waals surface area contributed by atoms with Crippen molar-refractivity contribution in [2.24, 2.45) is 0 Å². The molecule has 1 atom stereocenters. The van der Waals surface area contributed by atoms with Gasteiger partial charge in [0.05, 0.1) is 0 Å². The first-order valence-electron chi connectivity index (χ1n) is 3.56. The highest BCUT2D eigenvalue weighted by molar-refractivity contribution is 6.13. The normalized spacial score (nSPS) is 20.5. The summed E-state index contributed by atoms with van der Waals surface area (Å²) in [5, 5.41) is 0. The van der Waals surface area contributed by atoms with E-state index < -0.39 is 0 Å². The standard InChI is InChI=1S/C9H7O.Al/c1-2-6-9-8(4-1)5-3-7-10-9;/h1-7H;. The Hall–Kier alpha value is -0.708.